The summed E-state index contributed by atoms with van der Waals surface area (Å²) in [7, 11) is 0. The number of carbonyl (C=O) groups excluding carboxylic acids is 1. The Morgan fingerprint density at radius 2 is 2.07 bits per heavy atom. The molecule has 5 nitrogen and oxygen atoms in total. The van der Waals surface area contributed by atoms with Crippen LogP contribution in [0.3, 0.4) is 0 Å². The molecule has 0 aliphatic rings. The molecule has 29 heavy (non-hydrogen) atoms. The van der Waals surface area contributed by atoms with Gasteiger partial charge in [-0.2, -0.15) is 11.3 Å². The highest BCUT2D eigenvalue weighted by Gasteiger charge is 2.22. The van der Waals surface area contributed by atoms with E-state index in [1.165, 1.54) is 0 Å². The van der Waals surface area contributed by atoms with Crippen molar-refractivity contribution in [3.63, 3.8) is 0 Å². The molecule has 1 N–H and O–H groups in total. The maximum Gasteiger partial charge on any atom is 0.227 e. The number of nitrogens with one attached hydrogen (secondary N) is 1. The second-order valence-electron chi connectivity index (χ2n) is 7.43. The lowest BCUT2D eigenvalue weighted by molar-refractivity contribution is -0.121. The number of thiophene rings is 1. The van der Waals surface area contributed by atoms with Crippen molar-refractivity contribution in [3.8, 4) is 17.2 Å². The Labute approximate surface area is 176 Å². The van der Waals surface area contributed by atoms with E-state index in [9.17, 15) is 4.79 Å². The molecule has 154 valence electrons. The molecule has 1 atom stereocenters. The molecule has 0 bridgehead atoms. The first kappa shape index (κ1) is 21.1. The average Bonchev–Trinajstić information content (AvgIpc) is 3.32. The number of carbonyl (C=O) groups is 1. The molecule has 0 saturated heterocycles. The number of aryl methyl sites for hydroxylation is 1. The summed E-state index contributed by atoms with van der Waals surface area (Å²) >= 11 is 1.59. The second-order valence-corrected chi connectivity index (χ2v) is 8.21. The van der Waals surface area contributed by atoms with Gasteiger partial charge >= 0.3 is 0 Å². The minimum atomic E-state index is -0.117. The van der Waals surface area contributed by atoms with Crippen molar-refractivity contribution in [1.29, 1.82) is 0 Å². The maximum absolute atomic E-state index is 12.9. The summed E-state index contributed by atoms with van der Waals surface area (Å²) < 4.78 is 11.5. The monoisotopic (exact) mass is 412 g/mol. The number of rotatable bonds is 9. The van der Waals surface area contributed by atoms with Gasteiger partial charge in [0.15, 0.2) is 0 Å². The first-order valence-corrected chi connectivity index (χ1v) is 10.9. The summed E-state index contributed by atoms with van der Waals surface area (Å²) in [4.78, 5) is 17.4. The third-order valence-electron chi connectivity index (χ3n) is 4.63. The van der Waals surface area contributed by atoms with Crippen molar-refractivity contribution in [2.24, 2.45) is 5.92 Å². The smallest absolute Gasteiger partial charge is 0.227 e. The number of hydrogen-bond donors (Lipinski definition) is 1. The molecule has 0 aliphatic carbocycles. The zero-order valence-electron chi connectivity index (χ0n) is 17.4. The lowest BCUT2D eigenvalue weighted by Gasteiger charge is -2.23. The lowest BCUT2D eigenvalue weighted by atomic mass is 9.96. The van der Waals surface area contributed by atoms with Crippen LogP contribution in [0.15, 0.2) is 45.5 Å². The third-order valence-corrected chi connectivity index (χ3v) is 5.31. The summed E-state index contributed by atoms with van der Waals surface area (Å²) in [5, 5.41) is 7.15. The molecule has 0 spiro atoms. The first-order chi connectivity index (χ1) is 14.0. The van der Waals surface area contributed by atoms with Crippen LogP contribution in [0.5, 0.6) is 5.75 Å². The van der Waals surface area contributed by atoms with Crippen molar-refractivity contribution in [2.75, 3.05) is 6.61 Å². The van der Waals surface area contributed by atoms with Crippen molar-refractivity contribution >= 4 is 17.2 Å². The number of para-hydroxylation sites is 1. The molecule has 2 heterocycles. The van der Waals surface area contributed by atoms with Crippen LogP contribution < -0.4 is 10.1 Å². The zero-order chi connectivity index (χ0) is 20.8. The highest BCUT2D eigenvalue weighted by molar-refractivity contribution is 7.08. The Kier molecular flexibility index (Phi) is 7.09. The van der Waals surface area contributed by atoms with Gasteiger partial charge in [-0.1, -0.05) is 32.0 Å². The Morgan fingerprint density at radius 1 is 1.28 bits per heavy atom. The van der Waals surface area contributed by atoms with Crippen LogP contribution in [0.1, 0.15) is 50.3 Å². The van der Waals surface area contributed by atoms with E-state index in [-0.39, 0.29) is 18.4 Å². The van der Waals surface area contributed by atoms with Gasteiger partial charge in [0.05, 0.1) is 24.8 Å². The summed E-state index contributed by atoms with van der Waals surface area (Å²) in [5.41, 5.74) is 2.62. The van der Waals surface area contributed by atoms with Crippen LogP contribution >= 0.6 is 11.3 Å². The van der Waals surface area contributed by atoms with E-state index in [2.05, 4.69) is 24.1 Å². The van der Waals surface area contributed by atoms with E-state index < -0.39 is 0 Å². The second kappa shape index (κ2) is 9.74. The van der Waals surface area contributed by atoms with Crippen LogP contribution in [0.25, 0.3) is 11.5 Å². The molecule has 1 amide bonds. The maximum atomic E-state index is 12.9. The van der Waals surface area contributed by atoms with Crippen molar-refractivity contribution < 1.29 is 13.9 Å². The minimum absolute atomic E-state index is 0.0739. The van der Waals surface area contributed by atoms with Gasteiger partial charge in [-0.15, -0.1) is 0 Å². The molecule has 0 radical (unpaired) electrons. The van der Waals surface area contributed by atoms with Crippen molar-refractivity contribution in [3.05, 3.63) is 58.1 Å². The molecule has 2 aromatic heterocycles. The van der Waals surface area contributed by atoms with E-state index >= 15 is 0 Å². The highest BCUT2D eigenvalue weighted by atomic mass is 32.1. The number of nitrogens with zero attached hydrogens (tertiary/aromatic N) is 1. The fourth-order valence-corrected chi connectivity index (χ4v) is 3.92. The largest absolute Gasteiger partial charge is 0.494 e. The predicted molar refractivity (Wildman–Crippen MR) is 116 cm³/mol. The van der Waals surface area contributed by atoms with Crippen LogP contribution in [0.4, 0.5) is 0 Å². The molecule has 3 rings (SSSR count). The number of aromatic nitrogens is 1. The predicted octanol–water partition coefficient (Wildman–Crippen LogP) is 5.56. The molecule has 6 heteroatoms. The highest BCUT2D eigenvalue weighted by Crippen LogP contribution is 2.30. The molecule has 0 fully saturated rings. The number of amides is 1. The number of ether oxygens (including phenoxy) is 1. The van der Waals surface area contributed by atoms with E-state index in [4.69, 9.17) is 9.15 Å². The normalized spacial score (nSPS) is 12.2. The lowest BCUT2D eigenvalue weighted by Crippen LogP contribution is -2.31. The molecule has 0 aliphatic heterocycles. The van der Waals surface area contributed by atoms with Gasteiger partial charge in [0.25, 0.3) is 0 Å². The quantitative estimate of drug-likeness (QED) is 0.500. The van der Waals surface area contributed by atoms with Crippen LogP contribution in [-0.2, 0) is 11.2 Å². The van der Waals surface area contributed by atoms with Crippen LogP contribution in [-0.4, -0.2) is 17.5 Å². The Bertz CT molecular complexity index is 932. The van der Waals surface area contributed by atoms with Gasteiger partial charge in [0, 0.05) is 16.5 Å². The first-order valence-electron chi connectivity index (χ1n) is 9.97. The van der Waals surface area contributed by atoms with Crippen molar-refractivity contribution in [2.45, 2.75) is 46.6 Å². The molecule has 3 aromatic rings. The zero-order valence-corrected chi connectivity index (χ0v) is 18.2. The van der Waals surface area contributed by atoms with E-state index in [1.54, 1.807) is 11.3 Å². The fraction of sp³-hybridized carbons (Fsp3) is 0.391. The standard InChI is InChI=1S/C23H28N2O3S/c1-5-27-21-9-7-6-8-18(21)20(12-15(2)3)24-22(26)13-19-16(4)28-23(25-19)17-10-11-29-14-17/h6-11,14-15,20H,5,12-13H2,1-4H3,(H,24,26)/t20-/m0/s1. The Hall–Kier alpha value is -2.60. The van der Waals surface area contributed by atoms with Gasteiger partial charge in [-0.05, 0) is 43.7 Å². The minimum Gasteiger partial charge on any atom is -0.494 e. The molecule has 1 aromatic carbocycles. The van der Waals surface area contributed by atoms with Gasteiger partial charge < -0.3 is 14.5 Å². The molecule has 0 unspecified atom stereocenters. The topological polar surface area (TPSA) is 64.4 Å². The SMILES string of the molecule is CCOc1ccccc1[C@H](CC(C)C)NC(=O)Cc1nc(-c2ccsc2)oc1C. The van der Waals surface area contributed by atoms with E-state index in [1.807, 2.05) is 54.9 Å². The van der Waals surface area contributed by atoms with E-state index in [0.29, 0.717) is 29.9 Å². The number of hydrogen-bond acceptors (Lipinski definition) is 5. The fourth-order valence-electron chi connectivity index (χ4n) is 3.29. The van der Waals surface area contributed by atoms with Crippen LogP contribution in [0.2, 0.25) is 0 Å². The van der Waals surface area contributed by atoms with Gasteiger partial charge in [0.1, 0.15) is 11.5 Å². The third kappa shape index (κ3) is 5.48. The van der Waals surface area contributed by atoms with Gasteiger partial charge in [-0.3, -0.25) is 4.79 Å². The summed E-state index contributed by atoms with van der Waals surface area (Å²) in [6.45, 7) is 8.70. The van der Waals surface area contributed by atoms with Crippen molar-refractivity contribution in [1.82, 2.24) is 10.3 Å². The van der Waals surface area contributed by atoms with Gasteiger partial charge in [0.2, 0.25) is 11.8 Å². The summed E-state index contributed by atoms with van der Waals surface area (Å²) in [5.74, 6) is 2.41. The Morgan fingerprint density at radius 3 is 2.76 bits per heavy atom. The summed E-state index contributed by atoms with van der Waals surface area (Å²) in [6.07, 6.45) is 1.01. The van der Waals surface area contributed by atoms with Gasteiger partial charge in [-0.25, -0.2) is 4.98 Å². The molecular formula is C23H28N2O3S. The Balaban J connectivity index is 1.76. The molecular weight excluding hydrogens is 384 g/mol. The average molecular weight is 413 g/mol. The number of oxazole rings is 1. The summed E-state index contributed by atoms with van der Waals surface area (Å²) in [6, 6.07) is 9.75. The van der Waals surface area contributed by atoms with Crippen LogP contribution in [0, 0.1) is 12.8 Å². The molecule has 0 saturated carbocycles. The number of benzene rings is 1. The van der Waals surface area contributed by atoms with E-state index in [0.717, 1.165) is 23.3 Å².